The lowest BCUT2D eigenvalue weighted by Gasteiger charge is -2.29. The molecule has 0 spiro atoms. The fourth-order valence-corrected chi connectivity index (χ4v) is 2.29. The van der Waals surface area contributed by atoms with E-state index in [0.29, 0.717) is 12.1 Å². The zero-order chi connectivity index (χ0) is 15.3. The molecular formula is C15H20BrNO3. The van der Waals surface area contributed by atoms with Gasteiger partial charge in [0.25, 0.3) is 5.91 Å². The Morgan fingerprint density at radius 1 is 1.30 bits per heavy atom. The molecule has 1 amide bonds. The van der Waals surface area contributed by atoms with Crippen molar-refractivity contribution in [3.8, 4) is 0 Å². The minimum atomic E-state index is -0.349. The van der Waals surface area contributed by atoms with Gasteiger partial charge in [0.05, 0.1) is 13.0 Å². The van der Waals surface area contributed by atoms with Crippen LogP contribution >= 0.6 is 15.9 Å². The first-order valence-corrected chi connectivity index (χ1v) is 7.30. The third-order valence-electron chi connectivity index (χ3n) is 3.03. The molecular weight excluding hydrogens is 322 g/mol. The normalized spacial score (nSPS) is 12.1. The largest absolute Gasteiger partial charge is 0.469 e. The summed E-state index contributed by atoms with van der Waals surface area (Å²) in [5.41, 5.74) is 0.602. The number of ether oxygens (including phenoxy) is 1. The summed E-state index contributed by atoms with van der Waals surface area (Å²) in [5, 5.41) is 0. The molecule has 110 valence electrons. The maximum Gasteiger partial charge on any atom is 0.310 e. The summed E-state index contributed by atoms with van der Waals surface area (Å²) in [6.07, 6.45) is 0. The molecule has 0 aliphatic heterocycles. The number of esters is 1. The molecule has 0 bridgehead atoms. The summed E-state index contributed by atoms with van der Waals surface area (Å²) in [6, 6.07) is 7.24. The number of benzene rings is 1. The van der Waals surface area contributed by atoms with Crippen molar-refractivity contribution in [3.05, 3.63) is 34.3 Å². The molecule has 4 nitrogen and oxygen atoms in total. The summed E-state index contributed by atoms with van der Waals surface area (Å²) < 4.78 is 5.57. The number of amides is 1. The van der Waals surface area contributed by atoms with Crippen molar-refractivity contribution in [2.24, 2.45) is 5.92 Å². The molecule has 0 fully saturated rings. The molecule has 0 aliphatic rings. The van der Waals surface area contributed by atoms with Crippen LogP contribution in [0.2, 0.25) is 0 Å². The van der Waals surface area contributed by atoms with Gasteiger partial charge in [-0.2, -0.15) is 0 Å². The average Bonchev–Trinajstić information content (AvgIpc) is 2.42. The highest BCUT2D eigenvalue weighted by Crippen LogP contribution is 2.16. The lowest BCUT2D eigenvalue weighted by Crippen LogP contribution is -2.41. The molecule has 0 N–H and O–H groups in total. The van der Waals surface area contributed by atoms with Crippen LogP contribution in [0.25, 0.3) is 0 Å². The molecule has 1 atom stereocenters. The van der Waals surface area contributed by atoms with E-state index in [1.807, 2.05) is 26.0 Å². The molecule has 1 aromatic carbocycles. The van der Waals surface area contributed by atoms with Gasteiger partial charge in [-0.1, -0.05) is 28.9 Å². The average molecular weight is 342 g/mol. The number of methoxy groups -OCH3 is 1. The molecule has 0 saturated heterocycles. The van der Waals surface area contributed by atoms with Crippen molar-refractivity contribution in [2.45, 2.75) is 26.8 Å². The van der Waals surface area contributed by atoms with Crippen LogP contribution in [0.15, 0.2) is 28.7 Å². The smallest absolute Gasteiger partial charge is 0.310 e. The monoisotopic (exact) mass is 341 g/mol. The fourth-order valence-electron chi connectivity index (χ4n) is 1.89. The van der Waals surface area contributed by atoms with Crippen LogP contribution in [0.4, 0.5) is 0 Å². The topological polar surface area (TPSA) is 46.6 Å². The van der Waals surface area contributed by atoms with E-state index in [1.54, 1.807) is 24.0 Å². The third-order valence-corrected chi connectivity index (χ3v) is 3.52. The van der Waals surface area contributed by atoms with Crippen LogP contribution in [-0.4, -0.2) is 36.5 Å². The van der Waals surface area contributed by atoms with Gasteiger partial charge in [-0.05, 0) is 32.0 Å². The van der Waals surface area contributed by atoms with E-state index >= 15 is 0 Å². The number of hydrogen-bond donors (Lipinski definition) is 0. The van der Waals surface area contributed by atoms with E-state index in [4.69, 9.17) is 4.74 Å². The fraction of sp³-hybridized carbons (Fsp3) is 0.467. The standard InChI is InChI=1S/C15H20BrNO3/c1-10(2)17(9-11(3)15(19)20-4)14(18)12-6-5-7-13(16)8-12/h5-8,10-11H,9H2,1-4H3. The highest BCUT2D eigenvalue weighted by molar-refractivity contribution is 9.10. The summed E-state index contributed by atoms with van der Waals surface area (Å²) in [5.74, 6) is -0.742. The zero-order valence-electron chi connectivity index (χ0n) is 12.2. The number of carbonyl (C=O) groups is 2. The van der Waals surface area contributed by atoms with Crippen LogP contribution < -0.4 is 0 Å². The summed E-state index contributed by atoms with van der Waals surface area (Å²) in [6.45, 7) is 5.96. The van der Waals surface area contributed by atoms with Crippen LogP contribution in [0.1, 0.15) is 31.1 Å². The Labute approximate surface area is 128 Å². The molecule has 1 rings (SSSR count). The Bertz CT molecular complexity index is 488. The lowest BCUT2D eigenvalue weighted by atomic mass is 10.1. The number of hydrogen-bond acceptors (Lipinski definition) is 3. The highest BCUT2D eigenvalue weighted by Gasteiger charge is 2.24. The van der Waals surface area contributed by atoms with Gasteiger partial charge in [0.2, 0.25) is 0 Å². The van der Waals surface area contributed by atoms with E-state index in [1.165, 1.54) is 7.11 Å². The summed E-state index contributed by atoms with van der Waals surface area (Å²) in [4.78, 5) is 25.7. The predicted octanol–water partition coefficient (Wildman–Crippen LogP) is 3.11. The first-order chi connectivity index (χ1) is 9.36. The number of halogens is 1. The molecule has 20 heavy (non-hydrogen) atoms. The van der Waals surface area contributed by atoms with Gasteiger partial charge in [-0.15, -0.1) is 0 Å². The van der Waals surface area contributed by atoms with Gasteiger partial charge in [0, 0.05) is 22.6 Å². The molecule has 1 unspecified atom stereocenters. The van der Waals surface area contributed by atoms with Gasteiger partial charge in [0.15, 0.2) is 0 Å². The van der Waals surface area contributed by atoms with Crippen LogP contribution in [-0.2, 0) is 9.53 Å². The zero-order valence-corrected chi connectivity index (χ0v) is 13.8. The predicted molar refractivity (Wildman–Crippen MR) is 81.5 cm³/mol. The summed E-state index contributed by atoms with van der Waals surface area (Å²) >= 11 is 3.36. The molecule has 0 saturated carbocycles. The first kappa shape index (κ1) is 16.7. The van der Waals surface area contributed by atoms with Crippen molar-refractivity contribution in [3.63, 3.8) is 0 Å². The van der Waals surface area contributed by atoms with Gasteiger partial charge < -0.3 is 9.64 Å². The number of rotatable bonds is 5. The SMILES string of the molecule is COC(=O)C(C)CN(C(=O)c1cccc(Br)c1)C(C)C. The van der Waals surface area contributed by atoms with E-state index in [2.05, 4.69) is 15.9 Å². The lowest BCUT2D eigenvalue weighted by molar-refractivity contribution is -0.145. The number of nitrogens with zero attached hydrogens (tertiary/aromatic N) is 1. The number of carbonyl (C=O) groups excluding carboxylic acids is 2. The van der Waals surface area contributed by atoms with Crippen LogP contribution in [0.3, 0.4) is 0 Å². The van der Waals surface area contributed by atoms with Crippen molar-refractivity contribution in [1.82, 2.24) is 4.90 Å². The van der Waals surface area contributed by atoms with Gasteiger partial charge in [0.1, 0.15) is 0 Å². The van der Waals surface area contributed by atoms with Crippen molar-refractivity contribution < 1.29 is 14.3 Å². The Morgan fingerprint density at radius 3 is 2.45 bits per heavy atom. The molecule has 0 radical (unpaired) electrons. The molecule has 0 aliphatic carbocycles. The minimum absolute atomic E-state index is 0.00795. The van der Waals surface area contributed by atoms with E-state index in [-0.39, 0.29) is 23.8 Å². The molecule has 0 aromatic heterocycles. The van der Waals surface area contributed by atoms with Crippen molar-refractivity contribution >= 4 is 27.8 Å². The van der Waals surface area contributed by atoms with E-state index < -0.39 is 0 Å². The highest BCUT2D eigenvalue weighted by atomic mass is 79.9. The van der Waals surface area contributed by atoms with E-state index in [0.717, 1.165) is 4.47 Å². The molecule has 0 heterocycles. The summed E-state index contributed by atoms with van der Waals surface area (Å²) in [7, 11) is 1.36. The first-order valence-electron chi connectivity index (χ1n) is 6.51. The van der Waals surface area contributed by atoms with Crippen LogP contribution in [0.5, 0.6) is 0 Å². The maximum atomic E-state index is 12.5. The Morgan fingerprint density at radius 2 is 1.95 bits per heavy atom. The van der Waals surface area contributed by atoms with E-state index in [9.17, 15) is 9.59 Å². The van der Waals surface area contributed by atoms with Crippen molar-refractivity contribution in [2.75, 3.05) is 13.7 Å². The molecule has 1 aromatic rings. The second-order valence-corrected chi connectivity index (χ2v) is 5.90. The second-order valence-electron chi connectivity index (χ2n) is 4.99. The molecule has 5 heteroatoms. The van der Waals surface area contributed by atoms with Crippen LogP contribution in [0, 0.1) is 5.92 Å². The minimum Gasteiger partial charge on any atom is -0.469 e. The third kappa shape index (κ3) is 4.34. The Balaban J connectivity index is 2.91. The van der Waals surface area contributed by atoms with Gasteiger partial charge >= 0.3 is 5.97 Å². The van der Waals surface area contributed by atoms with Crippen molar-refractivity contribution in [1.29, 1.82) is 0 Å². The Kier molecular flexibility index (Phi) is 6.20. The second kappa shape index (κ2) is 7.43. The quantitative estimate of drug-likeness (QED) is 0.773. The van der Waals surface area contributed by atoms with Gasteiger partial charge in [-0.25, -0.2) is 0 Å². The Hall–Kier alpha value is -1.36. The van der Waals surface area contributed by atoms with Gasteiger partial charge in [-0.3, -0.25) is 9.59 Å². The maximum absolute atomic E-state index is 12.5.